The summed E-state index contributed by atoms with van der Waals surface area (Å²) in [6, 6.07) is 8.13. The predicted molar refractivity (Wildman–Crippen MR) is 108 cm³/mol. The summed E-state index contributed by atoms with van der Waals surface area (Å²) in [7, 11) is 0. The van der Waals surface area contributed by atoms with Gasteiger partial charge in [0.1, 0.15) is 0 Å². The number of thiophene rings is 1. The average molecular weight is 422 g/mol. The zero-order valence-electron chi connectivity index (χ0n) is 14.7. The van der Waals surface area contributed by atoms with Gasteiger partial charge in [0, 0.05) is 47.8 Å². The maximum absolute atomic E-state index is 12.4. The Labute approximate surface area is 162 Å². The summed E-state index contributed by atoms with van der Waals surface area (Å²) < 4.78 is 1.20. The Morgan fingerprint density at radius 2 is 1.88 bits per heavy atom. The lowest BCUT2D eigenvalue weighted by Gasteiger charge is -2.34. The molecule has 1 saturated heterocycles. The van der Waals surface area contributed by atoms with E-state index in [0.717, 1.165) is 44.0 Å². The fraction of sp³-hybridized carbons (Fsp3) is 0.421. The number of carbonyl (C=O) groups is 1. The van der Waals surface area contributed by atoms with Gasteiger partial charge in [-0.3, -0.25) is 14.6 Å². The fourth-order valence-corrected chi connectivity index (χ4v) is 4.54. The average Bonchev–Trinajstić information content (AvgIpc) is 2.99. The highest BCUT2D eigenvalue weighted by Crippen LogP contribution is 2.24. The molecule has 0 unspecified atom stereocenters. The number of amides is 1. The number of hydrogen-bond acceptors (Lipinski definition) is 4. The number of rotatable bonds is 5. The molecule has 0 spiro atoms. The predicted octanol–water partition coefficient (Wildman–Crippen LogP) is 3.88. The molecule has 2 aromatic rings. The van der Waals surface area contributed by atoms with Gasteiger partial charge in [-0.1, -0.05) is 12.1 Å². The third-order valence-electron chi connectivity index (χ3n) is 4.77. The summed E-state index contributed by atoms with van der Waals surface area (Å²) in [6.07, 6.45) is 0. The van der Waals surface area contributed by atoms with E-state index in [9.17, 15) is 4.79 Å². The molecule has 134 valence electrons. The molecule has 0 saturated carbocycles. The number of anilines is 1. The van der Waals surface area contributed by atoms with Gasteiger partial charge in [-0.2, -0.15) is 0 Å². The minimum Gasteiger partial charge on any atom is -0.325 e. The van der Waals surface area contributed by atoms with Crippen LogP contribution in [0.2, 0.25) is 0 Å². The van der Waals surface area contributed by atoms with Gasteiger partial charge in [-0.05, 0) is 58.4 Å². The van der Waals surface area contributed by atoms with E-state index in [2.05, 4.69) is 55.5 Å². The van der Waals surface area contributed by atoms with Crippen LogP contribution in [0.15, 0.2) is 34.1 Å². The van der Waals surface area contributed by atoms with Crippen molar-refractivity contribution in [2.75, 3.05) is 38.0 Å². The van der Waals surface area contributed by atoms with E-state index in [1.165, 1.54) is 14.9 Å². The normalized spacial score (nSPS) is 16.1. The van der Waals surface area contributed by atoms with Crippen molar-refractivity contribution in [3.05, 3.63) is 50.1 Å². The van der Waals surface area contributed by atoms with Crippen LogP contribution in [0, 0.1) is 13.8 Å². The zero-order chi connectivity index (χ0) is 17.8. The largest absolute Gasteiger partial charge is 0.325 e. The Morgan fingerprint density at radius 1 is 1.16 bits per heavy atom. The molecule has 3 rings (SSSR count). The number of carbonyl (C=O) groups excluding carboxylic acids is 1. The monoisotopic (exact) mass is 421 g/mol. The van der Waals surface area contributed by atoms with Gasteiger partial charge in [0.15, 0.2) is 0 Å². The van der Waals surface area contributed by atoms with Crippen molar-refractivity contribution >= 4 is 38.9 Å². The van der Waals surface area contributed by atoms with E-state index >= 15 is 0 Å². The van der Waals surface area contributed by atoms with Crippen molar-refractivity contribution in [1.82, 2.24) is 9.80 Å². The number of halogens is 1. The number of nitrogens with one attached hydrogen (secondary N) is 1. The number of piperazine rings is 1. The first-order valence-electron chi connectivity index (χ1n) is 8.55. The van der Waals surface area contributed by atoms with Crippen LogP contribution >= 0.6 is 27.3 Å². The second kappa shape index (κ2) is 8.45. The lowest BCUT2D eigenvalue weighted by molar-refractivity contribution is -0.117. The van der Waals surface area contributed by atoms with Crippen LogP contribution in [0.3, 0.4) is 0 Å². The topological polar surface area (TPSA) is 35.6 Å². The molecule has 1 aliphatic heterocycles. The first-order chi connectivity index (χ1) is 12.0. The van der Waals surface area contributed by atoms with Crippen LogP contribution in [-0.4, -0.2) is 48.4 Å². The molecule has 1 aliphatic rings. The second-order valence-electron chi connectivity index (χ2n) is 6.54. The Bertz CT molecular complexity index is 738. The van der Waals surface area contributed by atoms with Gasteiger partial charge < -0.3 is 5.32 Å². The molecule has 1 amide bonds. The first-order valence-corrected chi connectivity index (χ1v) is 10.2. The van der Waals surface area contributed by atoms with Crippen molar-refractivity contribution < 1.29 is 4.79 Å². The quantitative estimate of drug-likeness (QED) is 0.795. The Kier molecular flexibility index (Phi) is 6.28. The number of aryl methyl sites for hydroxylation is 1. The molecule has 1 aromatic heterocycles. The van der Waals surface area contributed by atoms with Gasteiger partial charge in [-0.25, -0.2) is 0 Å². The highest BCUT2D eigenvalue weighted by molar-refractivity contribution is 9.10. The van der Waals surface area contributed by atoms with E-state index in [-0.39, 0.29) is 5.91 Å². The standard InChI is InChI=1S/C19H24BrN3OS/c1-14-4-3-5-17(15(14)2)21-19(24)13-23-9-7-22(8-10-23)12-18-16(20)6-11-25-18/h3-6,11H,7-10,12-13H2,1-2H3,(H,21,24). The summed E-state index contributed by atoms with van der Waals surface area (Å²) >= 11 is 5.39. The van der Waals surface area contributed by atoms with Crippen molar-refractivity contribution in [1.29, 1.82) is 0 Å². The molecular weight excluding hydrogens is 398 g/mol. The van der Waals surface area contributed by atoms with Crippen LogP contribution in [-0.2, 0) is 11.3 Å². The third kappa shape index (κ3) is 4.91. The summed E-state index contributed by atoms with van der Waals surface area (Å²) in [5.74, 6) is 0.0724. The molecule has 25 heavy (non-hydrogen) atoms. The Hall–Kier alpha value is -1.21. The molecule has 1 N–H and O–H groups in total. The molecule has 1 aromatic carbocycles. The van der Waals surface area contributed by atoms with Gasteiger partial charge in [0.05, 0.1) is 6.54 Å². The molecule has 6 heteroatoms. The van der Waals surface area contributed by atoms with Gasteiger partial charge in [0.2, 0.25) is 5.91 Å². The number of nitrogens with zero attached hydrogens (tertiary/aromatic N) is 2. The van der Waals surface area contributed by atoms with E-state index in [1.54, 1.807) is 11.3 Å². The molecule has 2 heterocycles. The summed E-state index contributed by atoms with van der Waals surface area (Å²) in [5, 5.41) is 5.17. The van der Waals surface area contributed by atoms with Gasteiger partial charge in [-0.15, -0.1) is 11.3 Å². The lowest BCUT2D eigenvalue weighted by Crippen LogP contribution is -2.48. The van der Waals surface area contributed by atoms with E-state index < -0.39 is 0 Å². The van der Waals surface area contributed by atoms with Gasteiger partial charge in [0.25, 0.3) is 0 Å². The molecule has 0 bridgehead atoms. The molecule has 0 atom stereocenters. The van der Waals surface area contributed by atoms with Crippen LogP contribution in [0.4, 0.5) is 5.69 Å². The zero-order valence-corrected chi connectivity index (χ0v) is 17.1. The smallest absolute Gasteiger partial charge is 0.238 e. The van der Waals surface area contributed by atoms with Crippen molar-refractivity contribution in [2.24, 2.45) is 0 Å². The van der Waals surface area contributed by atoms with E-state index in [1.807, 2.05) is 19.1 Å². The maximum Gasteiger partial charge on any atom is 0.238 e. The molecule has 0 aliphatic carbocycles. The first kappa shape index (κ1) is 18.6. The Balaban J connectivity index is 1.46. The Morgan fingerprint density at radius 3 is 2.56 bits per heavy atom. The number of hydrogen-bond donors (Lipinski definition) is 1. The van der Waals surface area contributed by atoms with E-state index in [0.29, 0.717) is 6.54 Å². The minimum absolute atomic E-state index is 0.0724. The maximum atomic E-state index is 12.4. The van der Waals surface area contributed by atoms with Gasteiger partial charge >= 0.3 is 0 Å². The van der Waals surface area contributed by atoms with Crippen LogP contribution in [0.5, 0.6) is 0 Å². The lowest BCUT2D eigenvalue weighted by atomic mass is 10.1. The molecule has 0 radical (unpaired) electrons. The molecule has 1 fully saturated rings. The minimum atomic E-state index is 0.0724. The van der Waals surface area contributed by atoms with Crippen LogP contribution in [0.1, 0.15) is 16.0 Å². The molecule has 4 nitrogen and oxygen atoms in total. The molecular formula is C19H24BrN3OS. The van der Waals surface area contributed by atoms with Crippen molar-refractivity contribution in [2.45, 2.75) is 20.4 Å². The second-order valence-corrected chi connectivity index (χ2v) is 8.39. The summed E-state index contributed by atoms with van der Waals surface area (Å²) in [6.45, 7) is 9.43. The fourth-order valence-electron chi connectivity index (χ4n) is 3.03. The summed E-state index contributed by atoms with van der Waals surface area (Å²) in [5.41, 5.74) is 3.26. The SMILES string of the molecule is Cc1cccc(NC(=O)CN2CCN(Cc3sccc3Br)CC2)c1C. The van der Waals surface area contributed by atoms with Crippen LogP contribution < -0.4 is 5.32 Å². The highest BCUT2D eigenvalue weighted by Gasteiger charge is 2.20. The van der Waals surface area contributed by atoms with Crippen molar-refractivity contribution in [3.8, 4) is 0 Å². The number of benzene rings is 1. The van der Waals surface area contributed by atoms with E-state index in [4.69, 9.17) is 0 Å². The third-order valence-corrected chi connectivity index (χ3v) is 6.68. The van der Waals surface area contributed by atoms with Crippen LogP contribution in [0.25, 0.3) is 0 Å². The summed E-state index contributed by atoms with van der Waals surface area (Å²) in [4.78, 5) is 18.4. The highest BCUT2D eigenvalue weighted by atomic mass is 79.9. The van der Waals surface area contributed by atoms with Crippen molar-refractivity contribution in [3.63, 3.8) is 0 Å².